The second-order valence-electron chi connectivity index (χ2n) is 7.32. The van der Waals surface area contributed by atoms with Crippen molar-refractivity contribution < 1.29 is 18.1 Å². The topological polar surface area (TPSA) is 105 Å². The number of nitrogens with zero attached hydrogens (tertiary/aromatic N) is 3. The Bertz CT molecular complexity index is 1010. The van der Waals surface area contributed by atoms with E-state index in [9.17, 15) is 18.5 Å². The summed E-state index contributed by atoms with van der Waals surface area (Å²) in [5.74, 6) is 0. The Morgan fingerprint density at radius 3 is 2.27 bits per heavy atom. The van der Waals surface area contributed by atoms with E-state index in [0.717, 1.165) is 37.7 Å². The smallest absolute Gasteiger partial charge is 0.294 e. The first-order valence-corrected chi connectivity index (χ1v) is 11.4. The van der Waals surface area contributed by atoms with Gasteiger partial charge < -0.3 is 15.0 Å². The summed E-state index contributed by atoms with van der Waals surface area (Å²) in [6.45, 7) is 3.94. The van der Waals surface area contributed by atoms with Gasteiger partial charge in [0.15, 0.2) is 0 Å². The van der Waals surface area contributed by atoms with Gasteiger partial charge in [0.05, 0.1) is 23.0 Å². The lowest BCUT2D eigenvalue weighted by molar-refractivity contribution is -0.384. The van der Waals surface area contributed by atoms with E-state index in [1.807, 2.05) is 24.3 Å². The number of hydrogen-bond acceptors (Lipinski definition) is 7. The van der Waals surface area contributed by atoms with Crippen LogP contribution in [0, 0.1) is 10.1 Å². The van der Waals surface area contributed by atoms with Crippen molar-refractivity contribution in [3.8, 4) is 0 Å². The predicted octanol–water partition coefficient (Wildman–Crippen LogP) is 2.96. The molecule has 0 aliphatic carbocycles. The molecule has 10 heteroatoms. The molecule has 2 aliphatic rings. The summed E-state index contributed by atoms with van der Waals surface area (Å²) in [4.78, 5) is 13.2. The molecule has 0 bridgehead atoms. The number of morpholine rings is 1. The van der Waals surface area contributed by atoms with E-state index in [4.69, 9.17) is 4.74 Å². The number of hydrogen-bond donors (Lipinski definition) is 1. The van der Waals surface area contributed by atoms with Gasteiger partial charge in [0, 0.05) is 43.6 Å². The fourth-order valence-corrected chi connectivity index (χ4v) is 5.28. The summed E-state index contributed by atoms with van der Waals surface area (Å²) in [7, 11) is -3.72. The van der Waals surface area contributed by atoms with Crippen LogP contribution < -0.4 is 10.2 Å². The summed E-state index contributed by atoms with van der Waals surface area (Å²) in [5.41, 5.74) is 1.72. The van der Waals surface area contributed by atoms with Gasteiger partial charge in [0.25, 0.3) is 5.69 Å². The molecule has 0 aromatic heterocycles. The van der Waals surface area contributed by atoms with E-state index in [1.54, 1.807) is 0 Å². The Kier molecular flexibility index (Phi) is 5.89. The first kappa shape index (κ1) is 20.6. The van der Waals surface area contributed by atoms with E-state index in [-0.39, 0.29) is 16.3 Å². The van der Waals surface area contributed by atoms with Gasteiger partial charge in [0.1, 0.15) is 5.69 Å². The molecule has 1 N–H and O–H groups in total. The molecule has 2 aromatic carbocycles. The fraction of sp³-hybridized carbons (Fsp3) is 0.400. The Balaban J connectivity index is 1.56. The van der Waals surface area contributed by atoms with Crippen LogP contribution in [-0.2, 0) is 14.8 Å². The predicted molar refractivity (Wildman–Crippen MR) is 114 cm³/mol. The normalized spacial score (nSPS) is 17.8. The monoisotopic (exact) mass is 432 g/mol. The third-order valence-corrected chi connectivity index (χ3v) is 7.29. The van der Waals surface area contributed by atoms with Crippen molar-refractivity contribution in [2.24, 2.45) is 0 Å². The average molecular weight is 433 g/mol. The minimum absolute atomic E-state index is 0.0516. The second kappa shape index (κ2) is 8.58. The highest BCUT2D eigenvalue weighted by Crippen LogP contribution is 2.32. The van der Waals surface area contributed by atoms with E-state index in [0.29, 0.717) is 32.0 Å². The van der Waals surface area contributed by atoms with Crippen molar-refractivity contribution >= 4 is 32.8 Å². The number of anilines is 3. The SMILES string of the molecule is O=[N+]([O-])c1cc(S(=O)(=O)N2CCCC2)ccc1Nc1ccc(N2CCOCC2)cc1. The van der Waals surface area contributed by atoms with E-state index < -0.39 is 14.9 Å². The number of rotatable bonds is 6. The number of nitrogens with one attached hydrogen (secondary N) is 1. The molecular weight excluding hydrogens is 408 g/mol. The van der Waals surface area contributed by atoms with Gasteiger partial charge >= 0.3 is 0 Å². The minimum Gasteiger partial charge on any atom is -0.378 e. The minimum atomic E-state index is -3.72. The van der Waals surface area contributed by atoms with Crippen molar-refractivity contribution in [2.45, 2.75) is 17.7 Å². The van der Waals surface area contributed by atoms with Crippen molar-refractivity contribution in [3.63, 3.8) is 0 Å². The van der Waals surface area contributed by atoms with Crippen LogP contribution >= 0.6 is 0 Å². The highest BCUT2D eigenvalue weighted by atomic mass is 32.2. The molecule has 0 atom stereocenters. The van der Waals surface area contributed by atoms with E-state index >= 15 is 0 Å². The molecule has 2 fully saturated rings. The lowest BCUT2D eigenvalue weighted by Gasteiger charge is -2.28. The Morgan fingerprint density at radius 2 is 1.63 bits per heavy atom. The molecule has 4 rings (SSSR count). The van der Waals surface area contributed by atoms with Gasteiger partial charge in [-0.3, -0.25) is 10.1 Å². The molecule has 0 unspecified atom stereocenters. The zero-order chi connectivity index (χ0) is 21.1. The Hall–Kier alpha value is -2.69. The van der Waals surface area contributed by atoms with Crippen molar-refractivity contribution in [1.29, 1.82) is 0 Å². The number of ether oxygens (including phenoxy) is 1. The van der Waals surface area contributed by atoms with Crippen LogP contribution in [0.1, 0.15) is 12.8 Å². The van der Waals surface area contributed by atoms with Crippen LogP contribution in [0.4, 0.5) is 22.7 Å². The van der Waals surface area contributed by atoms with Crippen molar-refractivity contribution in [2.75, 3.05) is 49.6 Å². The summed E-state index contributed by atoms with van der Waals surface area (Å²) in [5, 5.41) is 14.7. The zero-order valence-corrected chi connectivity index (χ0v) is 17.3. The summed E-state index contributed by atoms with van der Waals surface area (Å²) in [6, 6.07) is 11.6. The Morgan fingerprint density at radius 1 is 0.967 bits per heavy atom. The fourth-order valence-electron chi connectivity index (χ4n) is 3.74. The molecule has 2 saturated heterocycles. The van der Waals surface area contributed by atoms with Gasteiger partial charge in [-0.25, -0.2) is 8.42 Å². The van der Waals surface area contributed by atoms with E-state index in [1.165, 1.54) is 16.4 Å². The van der Waals surface area contributed by atoms with Gasteiger partial charge in [-0.1, -0.05) is 0 Å². The summed E-state index contributed by atoms with van der Waals surface area (Å²) < 4.78 is 32.2. The Labute approximate surface area is 175 Å². The molecular formula is C20H24N4O5S. The maximum atomic E-state index is 12.7. The van der Waals surface area contributed by atoms with Gasteiger partial charge in [-0.05, 0) is 49.2 Å². The third-order valence-electron chi connectivity index (χ3n) is 5.39. The van der Waals surface area contributed by atoms with Crippen LogP contribution in [-0.4, -0.2) is 57.0 Å². The van der Waals surface area contributed by atoms with E-state index in [2.05, 4.69) is 10.2 Å². The molecule has 0 radical (unpaired) electrons. The highest BCUT2D eigenvalue weighted by Gasteiger charge is 2.29. The van der Waals surface area contributed by atoms with Crippen molar-refractivity contribution in [3.05, 3.63) is 52.6 Å². The molecule has 0 saturated carbocycles. The molecule has 2 aliphatic heterocycles. The van der Waals surface area contributed by atoms with Crippen LogP contribution in [0.5, 0.6) is 0 Å². The number of sulfonamides is 1. The molecule has 2 aromatic rings. The summed E-state index contributed by atoms with van der Waals surface area (Å²) in [6.07, 6.45) is 1.61. The molecule has 160 valence electrons. The molecule has 30 heavy (non-hydrogen) atoms. The number of nitro groups is 1. The lowest BCUT2D eigenvalue weighted by Crippen LogP contribution is -2.36. The summed E-state index contributed by atoms with van der Waals surface area (Å²) >= 11 is 0. The van der Waals surface area contributed by atoms with Gasteiger partial charge in [0.2, 0.25) is 10.0 Å². The number of nitro benzene ring substituents is 1. The molecule has 0 spiro atoms. The second-order valence-corrected chi connectivity index (χ2v) is 9.26. The standard InChI is InChI=1S/C20H24N4O5S/c25-24(26)20-15-18(30(27,28)23-9-1-2-10-23)7-8-19(20)21-16-3-5-17(6-4-16)22-11-13-29-14-12-22/h3-8,15,21H,1-2,9-14H2. The first-order chi connectivity index (χ1) is 14.4. The highest BCUT2D eigenvalue weighted by molar-refractivity contribution is 7.89. The van der Waals surface area contributed by atoms with Crippen molar-refractivity contribution in [1.82, 2.24) is 4.31 Å². The van der Waals surface area contributed by atoms with Crippen LogP contribution in [0.2, 0.25) is 0 Å². The van der Waals surface area contributed by atoms with Crippen LogP contribution in [0.25, 0.3) is 0 Å². The zero-order valence-electron chi connectivity index (χ0n) is 16.5. The van der Waals surface area contributed by atoms with Gasteiger partial charge in [-0.15, -0.1) is 0 Å². The average Bonchev–Trinajstić information content (AvgIpc) is 3.31. The number of benzene rings is 2. The third kappa shape index (κ3) is 4.25. The quantitative estimate of drug-likeness (QED) is 0.553. The van der Waals surface area contributed by atoms with Crippen LogP contribution in [0.3, 0.4) is 0 Å². The lowest BCUT2D eigenvalue weighted by atomic mass is 10.2. The van der Waals surface area contributed by atoms with Crippen LogP contribution in [0.15, 0.2) is 47.4 Å². The largest absolute Gasteiger partial charge is 0.378 e. The first-order valence-electron chi connectivity index (χ1n) is 9.93. The molecule has 0 amide bonds. The van der Waals surface area contributed by atoms with Gasteiger partial charge in [-0.2, -0.15) is 4.31 Å². The molecule has 9 nitrogen and oxygen atoms in total. The molecule has 2 heterocycles. The maximum absolute atomic E-state index is 12.7. The maximum Gasteiger partial charge on any atom is 0.294 e.